The Morgan fingerprint density at radius 3 is 2.43 bits per heavy atom. The summed E-state index contributed by atoms with van der Waals surface area (Å²) in [5, 5.41) is 33.5. The van der Waals surface area contributed by atoms with Crippen molar-refractivity contribution in [2.24, 2.45) is 0 Å². The molecule has 5 unspecified atom stereocenters. The normalized spacial score (nSPS) is 26.1. The van der Waals surface area contributed by atoms with Crippen LogP contribution in [-0.2, 0) is 15.9 Å². The lowest BCUT2D eigenvalue weighted by atomic mass is 9.92. The lowest BCUT2D eigenvalue weighted by molar-refractivity contribution is -0.282. The number of carbonyl (C=O) groups is 1. The molecule has 9 heteroatoms. The van der Waals surface area contributed by atoms with Crippen LogP contribution in [0.15, 0.2) is 42.5 Å². The minimum Gasteiger partial charge on any atom is -0.497 e. The van der Waals surface area contributed by atoms with Crippen LogP contribution in [0.4, 0.5) is 4.79 Å². The van der Waals surface area contributed by atoms with E-state index >= 15 is 0 Å². The van der Waals surface area contributed by atoms with Crippen LogP contribution in [0.25, 0.3) is 0 Å². The van der Waals surface area contributed by atoms with Crippen LogP contribution in [0.3, 0.4) is 0 Å². The van der Waals surface area contributed by atoms with E-state index in [0.717, 1.165) is 16.9 Å². The SMILES string of the molecule is CNC(=O)OC1OC(c2ccc(Cl)c(Cc3ccc(OC)cc3)c2)C(O)C(O)C1O. The average molecular weight is 438 g/mol. The molecule has 1 saturated heterocycles. The number of hydrogen-bond acceptors (Lipinski definition) is 7. The Bertz CT molecular complexity index is 876. The predicted molar refractivity (Wildman–Crippen MR) is 108 cm³/mol. The fourth-order valence-corrected chi connectivity index (χ4v) is 3.44. The maximum absolute atomic E-state index is 11.5. The fraction of sp³-hybridized carbons (Fsp3) is 0.381. The molecule has 0 bridgehead atoms. The number of alkyl carbamates (subject to hydrolysis) is 1. The first-order valence-corrected chi connectivity index (χ1v) is 9.71. The molecule has 0 saturated carbocycles. The summed E-state index contributed by atoms with van der Waals surface area (Å²) >= 11 is 6.35. The number of rotatable bonds is 5. The molecule has 3 rings (SSSR count). The van der Waals surface area contributed by atoms with Crippen molar-refractivity contribution in [1.29, 1.82) is 0 Å². The number of nitrogens with one attached hydrogen (secondary N) is 1. The fourth-order valence-electron chi connectivity index (χ4n) is 3.26. The van der Waals surface area contributed by atoms with Gasteiger partial charge in [-0.3, -0.25) is 0 Å². The lowest BCUT2D eigenvalue weighted by Gasteiger charge is -2.40. The van der Waals surface area contributed by atoms with Gasteiger partial charge in [-0.1, -0.05) is 35.9 Å². The molecular formula is C21H24ClNO7. The van der Waals surface area contributed by atoms with Gasteiger partial charge in [-0.25, -0.2) is 4.79 Å². The molecular weight excluding hydrogens is 414 g/mol. The van der Waals surface area contributed by atoms with Gasteiger partial charge >= 0.3 is 6.09 Å². The van der Waals surface area contributed by atoms with E-state index in [-0.39, 0.29) is 0 Å². The second kappa shape index (κ2) is 9.63. The number of carbonyl (C=O) groups excluding carboxylic acids is 1. The van der Waals surface area contributed by atoms with Crippen LogP contribution in [0.2, 0.25) is 5.02 Å². The zero-order valence-corrected chi connectivity index (χ0v) is 17.2. The van der Waals surface area contributed by atoms with Crippen molar-refractivity contribution in [2.45, 2.75) is 37.1 Å². The van der Waals surface area contributed by atoms with E-state index in [9.17, 15) is 20.1 Å². The summed E-state index contributed by atoms with van der Waals surface area (Å²) < 4.78 is 15.7. The number of hydrogen-bond donors (Lipinski definition) is 4. The highest BCUT2D eigenvalue weighted by atomic mass is 35.5. The van der Waals surface area contributed by atoms with Crippen LogP contribution >= 0.6 is 11.6 Å². The van der Waals surface area contributed by atoms with Crippen molar-refractivity contribution in [2.75, 3.05) is 14.2 Å². The number of benzene rings is 2. The summed E-state index contributed by atoms with van der Waals surface area (Å²) in [4.78, 5) is 11.5. The van der Waals surface area contributed by atoms with E-state index < -0.39 is 36.8 Å². The first kappa shape index (κ1) is 22.3. The van der Waals surface area contributed by atoms with Gasteiger partial charge in [0.2, 0.25) is 6.29 Å². The van der Waals surface area contributed by atoms with Gasteiger partial charge < -0.3 is 34.8 Å². The number of aliphatic hydroxyl groups excluding tert-OH is 3. The third-order valence-corrected chi connectivity index (χ3v) is 5.32. The molecule has 2 aromatic rings. The van der Waals surface area contributed by atoms with Crippen LogP contribution in [0.1, 0.15) is 22.8 Å². The van der Waals surface area contributed by atoms with Crippen LogP contribution in [0, 0.1) is 0 Å². The standard InChI is InChI=1S/C21H24ClNO7/c1-23-21(27)30-20-18(26)16(24)17(25)19(29-20)12-5-8-15(22)13(10-12)9-11-3-6-14(28-2)7-4-11/h3-8,10,16-20,24-26H,9H2,1-2H3,(H,23,27). The Morgan fingerprint density at radius 1 is 1.10 bits per heavy atom. The second-order valence-corrected chi connectivity index (χ2v) is 7.34. The maximum atomic E-state index is 11.5. The highest BCUT2D eigenvalue weighted by Crippen LogP contribution is 2.35. The molecule has 0 aromatic heterocycles. The minimum atomic E-state index is -1.60. The van der Waals surface area contributed by atoms with E-state index in [1.165, 1.54) is 7.05 Å². The van der Waals surface area contributed by atoms with Crippen molar-refractivity contribution in [3.05, 3.63) is 64.2 Å². The third kappa shape index (κ3) is 4.85. The van der Waals surface area contributed by atoms with Crippen molar-refractivity contribution in [3.63, 3.8) is 0 Å². The number of methoxy groups -OCH3 is 1. The molecule has 0 radical (unpaired) electrons. The van der Waals surface area contributed by atoms with Gasteiger partial charge in [0.1, 0.15) is 30.2 Å². The van der Waals surface area contributed by atoms with Crippen molar-refractivity contribution >= 4 is 17.7 Å². The summed E-state index contributed by atoms with van der Waals surface area (Å²) in [7, 11) is 2.95. The zero-order chi connectivity index (χ0) is 21.8. The zero-order valence-electron chi connectivity index (χ0n) is 16.5. The molecule has 4 N–H and O–H groups in total. The van der Waals surface area contributed by atoms with Gasteiger partial charge in [-0.05, 0) is 41.3 Å². The summed E-state index contributed by atoms with van der Waals surface area (Å²) in [6.07, 6.45) is -7.40. The van der Waals surface area contributed by atoms with E-state index in [2.05, 4.69) is 5.32 Å². The second-order valence-electron chi connectivity index (χ2n) is 6.93. The summed E-state index contributed by atoms with van der Waals surface area (Å²) in [5.74, 6) is 0.743. The van der Waals surface area contributed by atoms with Crippen LogP contribution in [0.5, 0.6) is 5.75 Å². The molecule has 1 aliphatic rings. The average Bonchev–Trinajstić information content (AvgIpc) is 2.76. The first-order chi connectivity index (χ1) is 14.3. The molecule has 1 fully saturated rings. The van der Waals surface area contributed by atoms with Gasteiger partial charge in [-0.2, -0.15) is 0 Å². The molecule has 1 amide bonds. The monoisotopic (exact) mass is 437 g/mol. The molecule has 1 heterocycles. The van der Waals surface area contributed by atoms with Crippen LogP contribution < -0.4 is 10.1 Å². The number of ether oxygens (including phenoxy) is 3. The Hall–Kier alpha value is -2.36. The maximum Gasteiger partial charge on any atom is 0.409 e. The molecule has 1 aliphatic heterocycles. The van der Waals surface area contributed by atoms with E-state index in [0.29, 0.717) is 17.0 Å². The summed E-state index contributed by atoms with van der Waals surface area (Å²) in [6, 6.07) is 12.6. The molecule has 2 aromatic carbocycles. The highest BCUT2D eigenvalue weighted by molar-refractivity contribution is 6.31. The Balaban J connectivity index is 1.84. The number of amides is 1. The molecule has 0 aliphatic carbocycles. The smallest absolute Gasteiger partial charge is 0.409 e. The van der Waals surface area contributed by atoms with Gasteiger partial charge in [0.05, 0.1) is 7.11 Å². The Kier molecular flexibility index (Phi) is 7.17. The first-order valence-electron chi connectivity index (χ1n) is 9.33. The van der Waals surface area contributed by atoms with Crippen molar-refractivity contribution in [1.82, 2.24) is 5.32 Å². The predicted octanol–water partition coefficient (Wildman–Crippen LogP) is 1.78. The van der Waals surface area contributed by atoms with Gasteiger partial charge in [0, 0.05) is 12.1 Å². The van der Waals surface area contributed by atoms with Gasteiger partial charge in [-0.15, -0.1) is 0 Å². The van der Waals surface area contributed by atoms with Crippen LogP contribution in [-0.4, -0.2) is 60.2 Å². The Morgan fingerprint density at radius 2 is 1.80 bits per heavy atom. The van der Waals surface area contributed by atoms with Crippen molar-refractivity contribution < 1.29 is 34.3 Å². The van der Waals surface area contributed by atoms with Crippen molar-refractivity contribution in [3.8, 4) is 5.75 Å². The molecule has 30 heavy (non-hydrogen) atoms. The van der Waals surface area contributed by atoms with Gasteiger partial charge in [0.25, 0.3) is 0 Å². The van der Waals surface area contributed by atoms with E-state index in [1.807, 2.05) is 24.3 Å². The van der Waals surface area contributed by atoms with E-state index in [1.54, 1.807) is 25.3 Å². The summed E-state index contributed by atoms with van der Waals surface area (Å²) in [5.41, 5.74) is 2.29. The minimum absolute atomic E-state index is 0.517. The lowest BCUT2D eigenvalue weighted by Crippen LogP contribution is -2.55. The quantitative estimate of drug-likeness (QED) is 0.563. The van der Waals surface area contributed by atoms with Gasteiger partial charge in [0.15, 0.2) is 0 Å². The molecule has 162 valence electrons. The molecule has 0 spiro atoms. The molecule has 5 atom stereocenters. The highest BCUT2D eigenvalue weighted by Gasteiger charge is 2.46. The van der Waals surface area contributed by atoms with E-state index in [4.69, 9.17) is 25.8 Å². The number of halogens is 1. The number of aliphatic hydroxyl groups is 3. The molecule has 8 nitrogen and oxygen atoms in total. The Labute approximate surface area is 179 Å². The largest absolute Gasteiger partial charge is 0.497 e. The topological polar surface area (TPSA) is 117 Å². The summed E-state index contributed by atoms with van der Waals surface area (Å²) in [6.45, 7) is 0. The third-order valence-electron chi connectivity index (χ3n) is 4.95.